The van der Waals surface area contributed by atoms with E-state index in [1.807, 2.05) is 18.2 Å². The molecule has 0 aliphatic carbocycles. The Morgan fingerprint density at radius 3 is 2.76 bits per heavy atom. The van der Waals surface area contributed by atoms with Crippen LogP contribution in [0.3, 0.4) is 0 Å². The Hall–Kier alpha value is -1.56. The van der Waals surface area contributed by atoms with E-state index < -0.39 is 5.97 Å². The average Bonchev–Trinajstić information content (AvgIpc) is 2.29. The van der Waals surface area contributed by atoms with E-state index in [2.05, 4.69) is 4.98 Å². The van der Waals surface area contributed by atoms with Crippen LogP contribution in [0, 0.1) is 0 Å². The molecule has 6 heteroatoms. The lowest BCUT2D eigenvalue weighted by Gasteiger charge is -2.16. The first-order chi connectivity index (χ1) is 8.09. The predicted octanol–water partition coefficient (Wildman–Crippen LogP) is 0.858. The number of thioether (sulfide) groups is 1. The molecule has 1 N–H and O–H groups in total. The Morgan fingerprint density at radius 2 is 2.18 bits per heavy atom. The highest BCUT2D eigenvalue weighted by Crippen LogP contribution is 2.04. The summed E-state index contributed by atoms with van der Waals surface area (Å²) < 4.78 is 0. The Morgan fingerprint density at radius 1 is 1.41 bits per heavy atom. The second kappa shape index (κ2) is 6.90. The molecule has 1 heterocycles. The third-order valence-electron chi connectivity index (χ3n) is 2.00. The lowest BCUT2D eigenvalue weighted by atomic mass is 10.3. The van der Waals surface area contributed by atoms with Gasteiger partial charge in [0, 0.05) is 13.2 Å². The highest BCUT2D eigenvalue weighted by Gasteiger charge is 2.10. The van der Waals surface area contributed by atoms with Gasteiger partial charge in [-0.2, -0.15) is 0 Å². The van der Waals surface area contributed by atoms with E-state index in [0.717, 1.165) is 17.5 Å². The van der Waals surface area contributed by atoms with Crippen LogP contribution in [0.25, 0.3) is 0 Å². The number of carbonyl (C=O) groups is 2. The van der Waals surface area contributed by atoms with Gasteiger partial charge in [-0.3, -0.25) is 14.6 Å². The Balaban J connectivity index is 2.34. The Bertz CT molecular complexity index is 384. The molecular weight excluding hydrogens is 240 g/mol. The van der Waals surface area contributed by atoms with Gasteiger partial charge in [-0.1, -0.05) is 6.07 Å². The maximum Gasteiger partial charge on any atom is 0.313 e. The molecule has 0 saturated heterocycles. The zero-order valence-electron chi connectivity index (χ0n) is 9.50. The topological polar surface area (TPSA) is 70.5 Å². The van der Waals surface area contributed by atoms with Crippen LogP contribution < -0.4 is 0 Å². The van der Waals surface area contributed by atoms with Crippen molar-refractivity contribution in [1.29, 1.82) is 0 Å². The average molecular weight is 254 g/mol. The summed E-state index contributed by atoms with van der Waals surface area (Å²) in [5.74, 6) is -0.879. The largest absolute Gasteiger partial charge is 0.481 e. The van der Waals surface area contributed by atoms with Crippen molar-refractivity contribution in [1.82, 2.24) is 9.88 Å². The number of carboxylic acid groups (broad SMARTS) is 1. The predicted molar refractivity (Wildman–Crippen MR) is 65.7 cm³/mol. The smallest absolute Gasteiger partial charge is 0.313 e. The summed E-state index contributed by atoms with van der Waals surface area (Å²) >= 11 is 1.10. The van der Waals surface area contributed by atoms with Crippen LogP contribution in [0.15, 0.2) is 24.4 Å². The fraction of sp³-hybridized carbons (Fsp3) is 0.364. The van der Waals surface area contributed by atoms with E-state index in [0.29, 0.717) is 6.54 Å². The van der Waals surface area contributed by atoms with Crippen molar-refractivity contribution in [2.24, 2.45) is 0 Å². The van der Waals surface area contributed by atoms with Crippen molar-refractivity contribution in [3.63, 3.8) is 0 Å². The standard InChI is InChI=1S/C11H14N2O3S/c1-13(6-9-4-2-3-5-12-9)10(14)7-17-8-11(15)16/h2-5H,6-8H2,1H3,(H,15,16). The minimum Gasteiger partial charge on any atom is -0.481 e. The van der Waals surface area contributed by atoms with Crippen molar-refractivity contribution in [2.75, 3.05) is 18.6 Å². The number of rotatable bonds is 6. The molecule has 0 radical (unpaired) electrons. The molecule has 1 aromatic heterocycles. The van der Waals surface area contributed by atoms with Crippen molar-refractivity contribution >= 4 is 23.6 Å². The fourth-order valence-electron chi connectivity index (χ4n) is 1.16. The molecule has 5 nitrogen and oxygen atoms in total. The van der Waals surface area contributed by atoms with E-state index in [9.17, 15) is 9.59 Å². The molecule has 0 saturated carbocycles. The van der Waals surface area contributed by atoms with Crippen LogP contribution in [-0.4, -0.2) is 45.4 Å². The minimum atomic E-state index is -0.907. The van der Waals surface area contributed by atoms with Crippen molar-refractivity contribution in [3.8, 4) is 0 Å². The molecule has 17 heavy (non-hydrogen) atoms. The van der Waals surface area contributed by atoms with Gasteiger partial charge in [0.1, 0.15) is 0 Å². The SMILES string of the molecule is CN(Cc1ccccn1)C(=O)CSCC(=O)O. The monoisotopic (exact) mass is 254 g/mol. The third kappa shape index (κ3) is 5.35. The number of hydrogen-bond donors (Lipinski definition) is 1. The molecule has 92 valence electrons. The third-order valence-corrected chi connectivity index (χ3v) is 2.90. The normalized spacial score (nSPS) is 9.94. The Labute approximate surface area is 104 Å². The molecule has 0 fully saturated rings. The summed E-state index contributed by atoms with van der Waals surface area (Å²) in [5, 5.41) is 8.44. The zero-order valence-corrected chi connectivity index (χ0v) is 10.3. The first kappa shape index (κ1) is 13.5. The molecule has 0 aromatic carbocycles. The second-order valence-electron chi connectivity index (χ2n) is 3.46. The van der Waals surface area contributed by atoms with E-state index in [4.69, 9.17) is 5.11 Å². The molecule has 0 spiro atoms. The van der Waals surface area contributed by atoms with Crippen molar-refractivity contribution in [3.05, 3.63) is 30.1 Å². The summed E-state index contributed by atoms with van der Waals surface area (Å²) in [6.07, 6.45) is 1.67. The minimum absolute atomic E-state index is 0.0524. The van der Waals surface area contributed by atoms with E-state index in [-0.39, 0.29) is 17.4 Å². The van der Waals surface area contributed by atoms with Gasteiger partial charge in [-0.05, 0) is 12.1 Å². The number of nitrogens with zero attached hydrogens (tertiary/aromatic N) is 2. The van der Waals surface area contributed by atoms with Gasteiger partial charge in [0.05, 0.1) is 23.7 Å². The number of aromatic nitrogens is 1. The van der Waals surface area contributed by atoms with Crippen LogP contribution in [0.4, 0.5) is 0 Å². The fourth-order valence-corrected chi connectivity index (χ4v) is 1.83. The second-order valence-corrected chi connectivity index (χ2v) is 4.44. The number of carboxylic acids is 1. The van der Waals surface area contributed by atoms with Gasteiger partial charge in [0.2, 0.25) is 5.91 Å². The number of aliphatic carboxylic acids is 1. The first-order valence-corrected chi connectivity index (χ1v) is 6.18. The summed E-state index contributed by atoms with van der Waals surface area (Å²) in [7, 11) is 1.68. The number of hydrogen-bond acceptors (Lipinski definition) is 4. The highest BCUT2D eigenvalue weighted by molar-refractivity contribution is 8.00. The maximum atomic E-state index is 11.6. The first-order valence-electron chi connectivity index (χ1n) is 5.03. The van der Waals surface area contributed by atoms with E-state index >= 15 is 0 Å². The zero-order chi connectivity index (χ0) is 12.7. The molecule has 1 aromatic rings. The molecule has 0 aliphatic heterocycles. The molecule has 0 unspecified atom stereocenters. The van der Waals surface area contributed by atoms with Crippen LogP contribution in [0.1, 0.15) is 5.69 Å². The highest BCUT2D eigenvalue weighted by atomic mass is 32.2. The Kier molecular flexibility index (Phi) is 5.48. The van der Waals surface area contributed by atoms with Gasteiger partial charge in [-0.25, -0.2) is 0 Å². The molecule has 1 amide bonds. The summed E-state index contributed by atoms with van der Waals surface area (Å²) in [6.45, 7) is 0.438. The van der Waals surface area contributed by atoms with Crippen molar-refractivity contribution in [2.45, 2.75) is 6.54 Å². The number of pyridine rings is 1. The van der Waals surface area contributed by atoms with E-state index in [1.165, 1.54) is 4.90 Å². The molecule has 0 atom stereocenters. The van der Waals surface area contributed by atoms with E-state index in [1.54, 1.807) is 13.2 Å². The lowest BCUT2D eigenvalue weighted by molar-refractivity contribution is -0.133. The van der Waals surface area contributed by atoms with Gasteiger partial charge in [-0.15, -0.1) is 11.8 Å². The molecule has 1 rings (SSSR count). The molecular formula is C11H14N2O3S. The number of amides is 1. The van der Waals surface area contributed by atoms with Crippen LogP contribution >= 0.6 is 11.8 Å². The molecule has 0 aliphatic rings. The van der Waals surface area contributed by atoms with Crippen LogP contribution in [-0.2, 0) is 16.1 Å². The summed E-state index contributed by atoms with van der Waals surface area (Å²) in [4.78, 5) is 27.6. The summed E-state index contributed by atoms with van der Waals surface area (Å²) in [5.41, 5.74) is 0.812. The van der Waals surface area contributed by atoms with Crippen molar-refractivity contribution < 1.29 is 14.7 Å². The van der Waals surface area contributed by atoms with Crippen LogP contribution in [0.2, 0.25) is 0 Å². The van der Waals surface area contributed by atoms with Gasteiger partial charge in [0.15, 0.2) is 0 Å². The van der Waals surface area contributed by atoms with Gasteiger partial charge >= 0.3 is 5.97 Å². The quantitative estimate of drug-likeness (QED) is 0.815. The lowest BCUT2D eigenvalue weighted by Crippen LogP contribution is -2.28. The number of carbonyl (C=O) groups excluding carboxylic acids is 1. The van der Waals surface area contributed by atoms with Crippen LogP contribution in [0.5, 0.6) is 0 Å². The van der Waals surface area contributed by atoms with Gasteiger partial charge in [0.25, 0.3) is 0 Å². The van der Waals surface area contributed by atoms with Gasteiger partial charge < -0.3 is 10.0 Å². The summed E-state index contributed by atoms with van der Waals surface area (Å²) in [6, 6.07) is 5.52. The molecule has 0 bridgehead atoms. The maximum absolute atomic E-state index is 11.6.